The second-order valence-electron chi connectivity index (χ2n) is 3.56. The van der Waals surface area contributed by atoms with Crippen molar-refractivity contribution in [3.05, 3.63) is 42.0 Å². The summed E-state index contributed by atoms with van der Waals surface area (Å²) >= 11 is 0. The first kappa shape index (κ1) is 14.3. The third-order valence-corrected chi connectivity index (χ3v) is 2.19. The molecule has 0 aliphatic rings. The predicted molar refractivity (Wildman–Crippen MR) is 63.1 cm³/mol. The molecule has 0 radical (unpaired) electrons. The Labute approximate surface area is 104 Å². The number of halogens is 2. The van der Waals surface area contributed by atoms with Gasteiger partial charge in [-0.25, -0.2) is 4.79 Å². The fourth-order valence-corrected chi connectivity index (χ4v) is 1.24. The molecule has 3 nitrogen and oxygen atoms in total. The highest BCUT2D eigenvalue weighted by molar-refractivity contribution is 5.79. The summed E-state index contributed by atoms with van der Waals surface area (Å²) in [5.74, 6) is -5.67. The largest absolute Gasteiger partial charge is 0.461 e. The maximum Gasteiger partial charge on any atom is 0.380 e. The Morgan fingerprint density at radius 1 is 1.44 bits per heavy atom. The van der Waals surface area contributed by atoms with Crippen LogP contribution in [0.25, 0.3) is 6.08 Å². The quantitative estimate of drug-likeness (QED) is 0.822. The Morgan fingerprint density at radius 2 is 2.06 bits per heavy atom. The van der Waals surface area contributed by atoms with Crippen LogP contribution in [0.2, 0.25) is 0 Å². The summed E-state index contributed by atoms with van der Waals surface area (Å²) in [5.41, 5.74) is 0.649. The molecule has 0 spiro atoms. The number of benzene rings is 1. The van der Waals surface area contributed by atoms with Crippen LogP contribution in [0.3, 0.4) is 0 Å². The maximum atomic E-state index is 13.3. The normalized spacial score (nSPS) is 13.6. The van der Waals surface area contributed by atoms with Gasteiger partial charge in [0.05, 0.1) is 6.61 Å². The maximum absolute atomic E-state index is 13.3. The number of alkyl halides is 2. The van der Waals surface area contributed by atoms with Crippen LogP contribution in [0, 0.1) is 0 Å². The van der Waals surface area contributed by atoms with Gasteiger partial charge in [-0.05, 0) is 18.6 Å². The standard InChI is InChI=1S/C13H14F2O3/c1-2-18-12(17)13(14,15)11(16)9-8-10-6-4-3-5-7-10/h3-9,11,16H,2H2,1H3/b9-8+. The molecule has 1 atom stereocenters. The van der Waals surface area contributed by atoms with E-state index < -0.39 is 18.0 Å². The minimum atomic E-state index is -3.94. The number of aliphatic hydroxyl groups is 1. The average Bonchev–Trinajstić information content (AvgIpc) is 2.37. The Bertz CT molecular complexity index is 416. The molecule has 0 bridgehead atoms. The van der Waals surface area contributed by atoms with Gasteiger partial charge in [-0.3, -0.25) is 0 Å². The summed E-state index contributed by atoms with van der Waals surface area (Å²) in [5, 5.41) is 9.30. The molecule has 0 aliphatic carbocycles. The Kier molecular flexibility index (Phi) is 4.97. The summed E-state index contributed by atoms with van der Waals surface area (Å²) in [6.07, 6.45) is -0.0268. The van der Waals surface area contributed by atoms with Crippen molar-refractivity contribution < 1.29 is 23.4 Å². The summed E-state index contributed by atoms with van der Waals surface area (Å²) in [4.78, 5) is 11.0. The van der Waals surface area contributed by atoms with Gasteiger partial charge in [0.15, 0.2) is 0 Å². The lowest BCUT2D eigenvalue weighted by molar-refractivity contribution is -0.183. The number of hydrogen-bond acceptors (Lipinski definition) is 3. The topological polar surface area (TPSA) is 46.5 Å². The van der Waals surface area contributed by atoms with Crippen LogP contribution in [0.15, 0.2) is 36.4 Å². The number of esters is 1. The van der Waals surface area contributed by atoms with Crippen molar-refractivity contribution in [1.82, 2.24) is 0 Å². The van der Waals surface area contributed by atoms with Crippen LogP contribution in [0.5, 0.6) is 0 Å². The van der Waals surface area contributed by atoms with Crippen molar-refractivity contribution in [1.29, 1.82) is 0 Å². The highest BCUT2D eigenvalue weighted by atomic mass is 19.3. The lowest BCUT2D eigenvalue weighted by Crippen LogP contribution is -2.41. The number of ether oxygens (including phenoxy) is 1. The van der Waals surface area contributed by atoms with E-state index in [-0.39, 0.29) is 6.61 Å². The SMILES string of the molecule is CCOC(=O)C(F)(F)C(O)/C=C/c1ccccc1. The van der Waals surface area contributed by atoms with Gasteiger partial charge in [-0.1, -0.05) is 36.4 Å². The van der Waals surface area contributed by atoms with Crippen molar-refractivity contribution in [2.75, 3.05) is 6.61 Å². The molecule has 0 amide bonds. The molecule has 0 heterocycles. The van der Waals surface area contributed by atoms with Gasteiger partial charge >= 0.3 is 11.9 Å². The minimum absolute atomic E-state index is 0.163. The Hall–Kier alpha value is -1.75. The summed E-state index contributed by atoms with van der Waals surface area (Å²) in [6.45, 7) is 1.25. The van der Waals surface area contributed by atoms with Gasteiger partial charge in [0.1, 0.15) is 6.10 Å². The number of hydrogen-bond donors (Lipinski definition) is 1. The Morgan fingerprint density at radius 3 is 2.61 bits per heavy atom. The molecular formula is C13H14F2O3. The third kappa shape index (κ3) is 3.63. The molecule has 1 N–H and O–H groups in total. The highest BCUT2D eigenvalue weighted by Gasteiger charge is 2.46. The van der Waals surface area contributed by atoms with E-state index in [1.54, 1.807) is 30.3 Å². The van der Waals surface area contributed by atoms with Crippen molar-refractivity contribution in [2.24, 2.45) is 0 Å². The molecule has 0 saturated heterocycles. The number of carbonyl (C=O) groups excluding carboxylic acids is 1. The first-order valence-corrected chi connectivity index (χ1v) is 5.44. The summed E-state index contributed by atoms with van der Waals surface area (Å²) < 4.78 is 30.8. The van der Waals surface area contributed by atoms with Gasteiger partial charge in [0, 0.05) is 0 Å². The van der Waals surface area contributed by atoms with Crippen LogP contribution >= 0.6 is 0 Å². The monoisotopic (exact) mass is 256 g/mol. The molecule has 98 valence electrons. The van der Waals surface area contributed by atoms with Crippen LogP contribution in [-0.4, -0.2) is 29.7 Å². The molecule has 1 aromatic rings. The molecule has 0 fully saturated rings. The van der Waals surface area contributed by atoms with Crippen LogP contribution in [-0.2, 0) is 9.53 Å². The molecule has 1 aromatic carbocycles. The summed E-state index contributed by atoms with van der Waals surface area (Å²) in [6, 6.07) is 8.61. The van der Waals surface area contributed by atoms with E-state index in [1.165, 1.54) is 13.0 Å². The molecule has 1 unspecified atom stereocenters. The summed E-state index contributed by atoms with van der Waals surface area (Å²) in [7, 11) is 0. The fourth-order valence-electron chi connectivity index (χ4n) is 1.24. The first-order chi connectivity index (χ1) is 8.48. The third-order valence-electron chi connectivity index (χ3n) is 2.19. The van der Waals surface area contributed by atoms with E-state index in [2.05, 4.69) is 4.74 Å². The van der Waals surface area contributed by atoms with Gasteiger partial charge in [0.25, 0.3) is 0 Å². The van der Waals surface area contributed by atoms with Crippen LogP contribution < -0.4 is 0 Å². The van der Waals surface area contributed by atoms with Crippen LogP contribution in [0.4, 0.5) is 8.78 Å². The van der Waals surface area contributed by atoms with Crippen LogP contribution in [0.1, 0.15) is 12.5 Å². The van der Waals surface area contributed by atoms with E-state index in [4.69, 9.17) is 0 Å². The molecule has 1 rings (SSSR count). The number of carbonyl (C=O) groups is 1. The predicted octanol–water partition coefficient (Wildman–Crippen LogP) is 2.26. The van der Waals surface area contributed by atoms with E-state index >= 15 is 0 Å². The van der Waals surface area contributed by atoms with E-state index in [0.717, 1.165) is 6.08 Å². The molecule has 0 aromatic heterocycles. The van der Waals surface area contributed by atoms with E-state index in [1.807, 2.05) is 0 Å². The van der Waals surface area contributed by atoms with Crippen molar-refractivity contribution in [3.63, 3.8) is 0 Å². The first-order valence-electron chi connectivity index (χ1n) is 5.44. The zero-order chi connectivity index (χ0) is 13.6. The van der Waals surface area contributed by atoms with Gasteiger partial charge in [-0.15, -0.1) is 0 Å². The zero-order valence-electron chi connectivity index (χ0n) is 9.85. The molecule has 0 aliphatic heterocycles. The number of aliphatic hydroxyl groups excluding tert-OH is 1. The van der Waals surface area contributed by atoms with Crippen molar-refractivity contribution in [2.45, 2.75) is 19.0 Å². The lowest BCUT2D eigenvalue weighted by Gasteiger charge is -2.17. The highest BCUT2D eigenvalue weighted by Crippen LogP contribution is 2.22. The zero-order valence-corrected chi connectivity index (χ0v) is 9.85. The second kappa shape index (κ2) is 6.26. The molecule has 18 heavy (non-hydrogen) atoms. The van der Waals surface area contributed by atoms with Crippen molar-refractivity contribution >= 4 is 12.0 Å². The number of rotatable bonds is 5. The Balaban J connectivity index is 2.72. The molecule has 5 heteroatoms. The molecule has 0 saturated carbocycles. The smallest absolute Gasteiger partial charge is 0.380 e. The minimum Gasteiger partial charge on any atom is -0.461 e. The lowest BCUT2D eigenvalue weighted by atomic mass is 10.1. The van der Waals surface area contributed by atoms with Gasteiger partial charge < -0.3 is 9.84 Å². The fraction of sp³-hybridized carbons (Fsp3) is 0.308. The van der Waals surface area contributed by atoms with Gasteiger partial charge in [0.2, 0.25) is 0 Å². The van der Waals surface area contributed by atoms with E-state index in [0.29, 0.717) is 5.56 Å². The van der Waals surface area contributed by atoms with E-state index in [9.17, 15) is 18.7 Å². The average molecular weight is 256 g/mol. The second-order valence-corrected chi connectivity index (χ2v) is 3.56. The van der Waals surface area contributed by atoms with Crippen molar-refractivity contribution in [3.8, 4) is 0 Å². The molecular weight excluding hydrogens is 242 g/mol. The van der Waals surface area contributed by atoms with Gasteiger partial charge in [-0.2, -0.15) is 8.78 Å².